The van der Waals surface area contributed by atoms with Crippen LogP contribution in [0, 0.1) is 6.92 Å². The van der Waals surface area contributed by atoms with E-state index in [1.165, 1.54) is 24.6 Å². The number of nitrogens with zero attached hydrogens (tertiary/aromatic N) is 1. The van der Waals surface area contributed by atoms with Gasteiger partial charge in [0.15, 0.2) is 0 Å². The molecule has 0 unspecified atom stereocenters. The Morgan fingerprint density at radius 2 is 1.68 bits per heavy atom. The lowest BCUT2D eigenvalue weighted by Gasteiger charge is -2.05. The highest BCUT2D eigenvalue weighted by molar-refractivity contribution is 8.02. The smallest absolute Gasteiger partial charge is 0.290 e. The Labute approximate surface area is 130 Å². The monoisotopic (exact) mass is 342 g/mol. The van der Waals surface area contributed by atoms with E-state index in [1.807, 2.05) is 19.1 Å². The second-order valence-corrected chi connectivity index (χ2v) is 9.50. The van der Waals surface area contributed by atoms with Gasteiger partial charge in [0.05, 0.1) is 21.2 Å². The molecule has 0 amide bonds. The van der Waals surface area contributed by atoms with Crippen LogP contribution in [0.1, 0.15) is 11.5 Å². The molecule has 0 fully saturated rings. The molecule has 22 heavy (non-hydrogen) atoms. The SMILES string of the molecule is Cc1ccc(CNc2ccc(S(=O)(=O)N=S(C)(C)=O)cc2)o1. The Hall–Kier alpha value is -1.80. The summed E-state index contributed by atoms with van der Waals surface area (Å²) in [6.07, 6.45) is 2.57. The lowest BCUT2D eigenvalue weighted by atomic mass is 10.3. The van der Waals surface area contributed by atoms with Gasteiger partial charge < -0.3 is 9.73 Å². The van der Waals surface area contributed by atoms with E-state index in [2.05, 4.69) is 9.08 Å². The van der Waals surface area contributed by atoms with Gasteiger partial charge in [-0.15, -0.1) is 3.77 Å². The number of aryl methyl sites for hydroxylation is 1. The van der Waals surface area contributed by atoms with Crippen molar-refractivity contribution < 1.29 is 17.0 Å². The predicted molar refractivity (Wildman–Crippen MR) is 86.8 cm³/mol. The summed E-state index contributed by atoms with van der Waals surface area (Å²) in [7, 11) is -6.62. The summed E-state index contributed by atoms with van der Waals surface area (Å²) >= 11 is 0. The molecule has 1 N–H and O–H groups in total. The Morgan fingerprint density at radius 3 is 2.18 bits per heavy atom. The van der Waals surface area contributed by atoms with Gasteiger partial charge >= 0.3 is 0 Å². The van der Waals surface area contributed by atoms with Crippen molar-refractivity contribution in [3.05, 3.63) is 47.9 Å². The molecule has 120 valence electrons. The van der Waals surface area contributed by atoms with Gasteiger partial charge in [-0.3, -0.25) is 0 Å². The minimum Gasteiger partial charge on any atom is -0.465 e. The summed E-state index contributed by atoms with van der Waals surface area (Å²) in [5.41, 5.74) is 0.752. The van der Waals surface area contributed by atoms with Gasteiger partial charge in [-0.2, -0.15) is 8.42 Å². The number of benzene rings is 1. The van der Waals surface area contributed by atoms with Crippen molar-refractivity contribution >= 4 is 25.4 Å². The predicted octanol–water partition coefficient (Wildman–Crippen LogP) is 2.62. The van der Waals surface area contributed by atoms with Crippen LogP contribution >= 0.6 is 0 Å². The number of furan rings is 1. The van der Waals surface area contributed by atoms with E-state index in [1.54, 1.807) is 12.1 Å². The summed E-state index contributed by atoms with van der Waals surface area (Å²) in [5, 5.41) is 3.13. The van der Waals surface area contributed by atoms with Crippen molar-refractivity contribution in [3.8, 4) is 0 Å². The Morgan fingerprint density at radius 1 is 1.05 bits per heavy atom. The summed E-state index contributed by atoms with van der Waals surface area (Å²) in [6, 6.07) is 9.87. The molecule has 0 radical (unpaired) electrons. The number of hydrogen-bond donors (Lipinski definition) is 1. The quantitative estimate of drug-likeness (QED) is 0.902. The van der Waals surface area contributed by atoms with Crippen molar-refractivity contribution in [2.45, 2.75) is 18.4 Å². The average molecular weight is 342 g/mol. The molecule has 0 atom stereocenters. The van der Waals surface area contributed by atoms with E-state index < -0.39 is 19.8 Å². The molecule has 0 spiro atoms. The van der Waals surface area contributed by atoms with Gasteiger partial charge in [0.1, 0.15) is 11.5 Å². The third-order valence-corrected chi connectivity index (χ3v) is 5.78. The molecular formula is C14H18N2O4S2. The van der Waals surface area contributed by atoms with Gasteiger partial charge in [-0.1, -0.05) is 0 Å². The summed E-state index contributed by atoms with van der Waals surface area (Å²) in [6.45, 7) is 2.37. The standard InChI is InChI=1S/C14H18N2O4S2/c1-11-4-7-13(20-11)10-15-12-5-8-14(9-6-12)22(18,19)16-21(2,3)17/h4-9,15H,10H2,1-3H3. The van der Waals surface area contributed by atoms with Crippen molar-refractivity contribution in [2.75, 3.05) is 17.8 Å². The Bertz CT molecular complexity index is 866. The second-order valence-electron chi connectivity index (χ2n) is 5.12. The molecule has 8 heteroatoms. The molecule has 1 aromatic carbocycles. The first-order valence-corrected chi connectivity index (χ1v) is 10.3. The molecule has 2 aromatic rings. The first-order valence-electron chi connectivity index (χ1n) is 6.48. The van der Waals surface area contributed by atoms with Gasteiger partial charge in [0.2, 0.25) is 0 Å². The fraction of sp³-hybridized carbons (Fsp3) is 0.286. The van der Waals surface area contributed by atoms with Crippen LogP contribution in [0.5, 0.6) is 0 Å². The van der Waals surface area contributed by atoms with Crippen molar-refractivity contribution in [1.82, 2.24) is 0 Å². The number of nitrogens with one attached hydrogen (secondary N) is 1. The van der Waals surface area contributed by atoms with E-state index in [9.17, 15) is 12.6 Å². The number of hydrogen-bond acceptors (Lipinski definition) is 5. The van der Waals surface area contributed by atoms with E-state index in [0.717, 1.165) is 17.2 Å². The zero-order chi connectivity index (χ0) is 16.4. The molecule has 0 saturated carbocycles. The molecule has 2 rings (SSSR count). The molecular weight excluding hydrogens is 324 g/mol. The number of rotatable bonds is 5. The van der Waals surface area contributed by atoms with Gasteiger partial charge in [0.25, 0.3) is 10.0 Å². The van der Waals surface area contributed by atoms with Gasteiger partial charge in [0, 0.05) is 18.2 Å². The maximum absolute atomic E-state index is 12.0. The van der Waals surface area contributed by atoms with E-state index in [4.69, 9.17) is 4.42 Å². The normalized spacial score (nSPS) is 12.1. The maximum atomic E-state index is 12.0. The lowest BCUT2D eigenvalue weighted by Crippen LogP contribution is -2.03. The van der Waals surface area contributed by atoms with Crippen molar-refractivity contribution in [3.63, 3.8) is 0 Å². The number of sulfonamides is 1. The topological polar surface area (TPSA) is 88.7 Å². The molecule has 1 heterocycles. The fourth-order valence-electron chi connectivity index (χ4n) is 1.79. The van der Waals surface area contributed by atoms with Crippen LogP contribution in [0.15, 0.2) is 49.5 Å². The molecule has 0 aliphatic rings. The van der Waals surface area contributed by atoms with Crippen LogP contribution < -0.4 is 5.32 Å². The molecule has 0 bridgehead atoms. The second kappa shape index (κ2) is 6.13. The summed E-state index contributed by atoms with van der Waals surface area (Å²) < 4.78 is 44.3. The minimum absolute atomic E-state index is 0.0170. The molecule has 1 aromatic heterocycles. The van der Waals surface area contributed by atoms with Crippen molar-refractivity contribution in [1.29, 1.82) is 0 Å². The zero-order valence-electron chi connectivity index (χ0n) is 12.6. The highest BCUT2D eigenvalue weighted by Crippen LogP contribution is 2.18. The maximum Gasteiger partial charge on any atom is 0.290 e. The molecule has 0 aliphatic carbocycles. The fourth-order valence-corrected chi connectivity index (χ4v) is 4.51. The highest BCUT2D eigenvalue weighted by Gasteiger charge is 2.14. The third-order valence-electron chi connectivity index (χ3n) is 2.69. The Balaban J connectivity index is 2.12. The minimum atomic E-state index is -3.90. The lowest BCUT2D eigenvalue weighted by molar-refractivity contribution is 0.490. The molecule has 0 saturated heterocycles. The summed E-state index contributed by atoms with van der Waals surface area (Å²) in [4.78, 5) is 0.0170. The average Bonchev–Trinajstić information content (AvgIpc) is 2.80. The van der Waals surface area contributed by atoms with Gasteiger partial charge in [-0.05, 0) is 43.3 Å². The van der Waals surface area contributed by atoms with Crippen LogP contribution in [-0.4, -0.2) is 25.1 Å². The van der Waals surface area contributed by atoms with E-state index >= 15 is 0 Å². The first-order chi connectivity index (χ1) is 10.2. The van der Waals surface area contributed by atoms with Crippen LogP contribution in [0.3, 0.4) is 0 Å². The first kappa shape index (κ1) is 16.6. The van der Waals surface area contributed by atoms with Crippen LogP contribution in [0.25, 0.3) is 0 Å². The number of anilines is 1. The van der Waals surface area contributed by atoms with Crippen LogP contribution in [0.2, 0.25) is 0 Å². The van der Waals surface area contributed by atoms with Crippen LogP contribution in [-0.2, 0) is 26.3 Å². The van der Waals surface area contributed by atoms with Gasteiger partial charge in [-0.25, -0.2) is 4.21 Å². The van der Waals surface area contributed by atoms with Crippen molar-refractivity contribution in [2.24, 2.45) is 3.77 Å². The summed E-state index contributed by atoms with van der Waals surface area (Å²) in [5.74, 6) is 1.63. The van der Waals surface area contributed by atoms with Crippen LogP contribution in [0.4, 0.5) is 5.69 Å². The largest absolute Gasteiger partial charge is 0.465 e. The van der Waals surface area contributed by atoms with E-state index in [-0.39, 0.29) is 4.90 Å². The zero-order valence-corrected chi connectivity index (χ0v) is 14.2. The third kappa shape index (κ3) is 4.60. The Kier molecular flexibility index (Phi) is 4.62. The highest BCUT2D eigenvalue weighted by atomic mass is 32.3. The van der Waals surface area contributed by atoms with E-state index in [0.29, 0.717) is 6.54 Å². The molecule has 6 nitrogen and oxygen atoms in total. The molecule has 0 aliphatic heterocycles.